The van der Waals surface area contributed by atoms with Crippen molar-refractivity contribution in [3.05, 3.63) is 63.5 Å². The van der Waals surface area contributed by atoms with Crippen LogP contribution in [0.25, 0.3) is 11.3 Å². The van der Waals surface area contributed by atoms with Crippen LogP contribution in [0.3, 0.4) is 0 Å². The number of likely N-dealkylation sites (tertiary alicyclic amines) is 2. The number of amides is 3. The molecule has 0 bridgehead atoms. The predicted molar refractivity (Wildman–Crippen MR) is 187 cm³/mol. The fourth-order valence-corrected chi connectivity index (χ4v) is 7.94. The van der Waals surface area contributed by atoms with Crippen LogP contribution in [0.4, 0.5) is 10.5 Å². The van der Waals surface area contributed by atoms with Gasteiger partial charge >= 0.3 is 6.09 Å². The molecule has 3 aromatic rings. The molecule has 252 valence electrons. The number of hydrogen-bond donors (Lipinski definition) is 2. The quantitative estimate of drug-likeness (QED) is 0.241. The smallest absolute Gasteiger partial charge is 0.411 e. The molecule has 2 aromatic carbocycles. The van der Waals surface area contributed by atoms with Gasteiger partial charge in [-0.2, -0.15) is 0 Å². The summed E-state index contributed by atoms with van der Waals surface area (Å²) in [7, 11) is 0. The summed E-state index contributed by atoms with van der Waals surface area (Å²) in [5, 5.41) is 16.4. The van der Waals surface area contributed by atoms with Crippen molar-refractivity contribution in [2.24, 2.45) is 0 Å². The first-order valence-electron chi connectivity index (χ1n) is 15.5. The van der Waals surface area contributed by atoms with Gasteiger partial charge in [-0.15, -0.1) is 11.3 Å². The van der Waals surface area contributed by atoms with E-state index in [1.54, 1.807) is 39.8 Å². The number of carbonyl (C=O) groups is 3. The number of aliphatic hydroxyl groups excluding tert-OH is 1. The summed E-state index contributed by atoms with van der Waals surface area (Å²) in [4.78, 5) is 47.1. The van der Waals surface area contributed by atoms with Crippen molar-refractivity contribution >= 4 is 70.1 Å². The van der Waals surface area contributed by atoms with Gasteiger partial charge in [0.25, 0.3) is 0 Å². The second-order valence-corrected chi connectivity index (χ2v) is 15.6. The molecule has 3 heterocycles. The summed E-state index contributed by atoms with van der Waals surface area (Å²) in [6.45, 7) is 9.54. The number of halogens is 2. The molecule has 1 unspecified atom stereocenters. The van der Waals surface area contributed by atoms with Crippen LogP contribution in [0.1, 0.15) is 52.5 Å². The third-order valence-corrected chi connectivity index (χ3v) is 10.8. The normalized spacial score (nSPS) is 19.1. The van der Waals surface area contributed by atoms with Crippen LogP contribution < -0.4 is 5.32 Å². The third-order valence-electron chi connectivity index (χ3n) is 7.94. The standard InChI is InChI=1S/C33H39Cl2N5O5S2/c1-20(41)40(24-10-13-38(14-11-24)18-21-8-9-25(34)26(35)16-21)47-31-37-27(19-46-31)22-6-5-7-23(17-22)36-30(43)29-28(42)12-15-39(29)32(44)45-33(2,3)4/h5-9,16-17,19,24,28-29,42H,10-15,18H2,1-4H3,(H,36,43)/t28?,29-/m0/s1. The number of piperidine rings is 1. The molecule has 2 aliphatic rings. The summed E-state index contributed by atoms with van der Waals surface area (Å²) >= 11 is 15.1. The van der Waals surface area contributed by atoms with E-state index in [1.807, 2.05) is 40.0 Å². The van der Waals surface area contributed by atoms with Gasteiger partial charge in [-0.3, -0.25) is 23.7 Å². The Morgan fingerprint density at radius 2 is 1.83 bits per heavy atom. The van der Waals surface area contributed by atoms with Crippen molar-refractivity contribution in [1.82, 2.24) is 19.1 Å². The van der Waals surface area contributed by atoms with E-state index in [0.29, 0.717) is 21.4 Å². The summed E-state index contributed by atoms with van der Waals surface area (Å²) < 4.78 is 8.02. The average Bonchev–Trinajstić information content (AvgIpc) is 3.64. The lowest BCUT2D eigenvalue weighted by Gasteiger charge is -2.37. The second kappa shape index (κ2) is 15.1. The number of carbonyl (C=O) groups excluding carboxylic acids is 3. The first-order chi connectivity index (χ1) is 22.3. The van der Waals surface area contributed by atoms with Crippen LogP contribution in [0.15, 0.2) is 52.2 Å². The molecule has 2 fully saturated rings. The van der Waals surface area contributed by atoms with Gasteiger partial charge in [0.05, 0.1) is 21.8 Å². The van der Waals surface area contributed by atoms with E-state index < -0.39 is 29.7 Å². The van der Waals surface area contributed by atoms with Gasteiger partial charge in [-0.1, -0.05) is 41.4 Å². The van der Waals surface area contributed by atoms with Crippen molar-refractivity contribution in [1.29, 1.82) is 0 Å². The number of rotatable bonds is 8. The molecule has 0 aliphatic carbocycles. The maximum Gasteiger partial charge on any atom is 0.411 e. The number of nitrogens with zero attached hydrogens (tertiary/aromatic N) is 4. The van der Waals surface area contributed by atoms with Gasteiger partial charge in [0, 0.05) is 67.7 Å². The molecule has 2 atom stereocenters. The monoisotopic (exact) mass is 719 g/mol. The highest BCUT2D eigenvalue weighted by Crippen LogP contribution is 2.35. The molecule has 3 amide bonds. The van der Waals surface area contributed by atoms with Crippen LogP contribution in [-0.2, 0) is 20.9 Å². The topological polar surface area (TPSA) is 115 Å². The zero-order valence-electron chi connectivity index (χ0n) is 26.7. The highest BCUT2D eigenvalue weighted by molar-refractivity contribution is 7.99. The molecule has 2 aliphatic heterocycles. The van der Waals surface area contributed by atoms with E-state index in [9.17, 15) is 19.5 Å². The number of nitrogens with one attached hydrogen (secondary N) is 1. The molecule has 10 nitrogen and oxygen atoms in total. The molecule has 5 rings (SSSR count). The summed E-state index contributed by atoms with van der Waals surface area (Å²) in [6, 6.07) is 12.0. The van der Waals surface area contributed by atoms with Crippen LogP contribution in [0.2, 0.25) is 10.0 Å². The fourth-order valence-electron chi connectivity index (χ4n) is 5.71. The minimum atomic E-state index is -1.06. The zero-order valence-corrected chi connectivity index (χ0v) is 29.9. The average molecular weight is 721 g/mol. The molecule has 2 saturated heterocycles. The number of aliphatic hydroxyl groups is 1. The van der Waals surface area contributed by atoms with Crippen molar-refractivity contribution in [3.8, 4) is 11.3 Å². The minimum absolute atomic E-state index is 0.0195. The maximum absolute atomic E-state index is 13.2. The van der Waals surface area contributed by atoms with E-state index in [2.05, 4.69) is 10.2 Å². The summed E-state index contributed by atoms with van der Waals surface area (Å²) in [5.41, 5.74) is 2.39. The van der Waals surface area contributed by atoms with Crippen LogP contribution in [0, 0.1) is 0 Å². The minimum Gasteiger partial charge on any atom is -0.444 e. The number of hydrogen-bond acceptors (Lipinski definition) is 9. The molecule has 0 radical (unpaired) electrons. The van der Waals surface area contributed by atoms with E-state index >= 15 is 0 Å². The fraction of sp³-hybridized carbons (Fsp3) is 0.455. The summed E-state index contributed by atoms with van der Waals surface area (Å²) in [6.07, 6.45) is 0.335. The lowest BCUT2D eigenvalue weighted by Crippen LogP contribution is -2.49. The highest BCUT2D eigenvalue weighted by Gasteiger charge is 2.43. The van der Waals surface area contributed by atoms with Gasteiger partial charge in [0.15, 0.2) is 4.34 Å². The van der Waals surface area contributed by atoms with E-state index in [0.717, 1.165) is 47.9 Å². The number of thiazole rings is 1. The van der Waals surface area contributed by atoms with Gasteiger partial charge < -0.3 is 15.2 Å². The second-order valence-electron chi connectivity index (χ2n) is 12.7. The number of anilines is 1. The SMILES string of the molecule is CC(=O)N(Sc1nc(-c2cccc(NC(=O)[C@@H]3C(O)CCN3C(=O)OC(C)(C)C)c2)cs1)C1CCN(Cc2ccc(Cl)c(Cl)c2)CC1. The lowest BCUT2D eigenvalue weighted by molar-refractivity contribution is -0.126. The lowest BCUT2D eigenvalue weighted by atomic mass is 10.0. The molecule has 47 heavy (non-hydrogen) atoms. The molecular weight excluding hydrogens is 681 g/mol. The first-order valence-corrected chi connectivity index (χ1v) is 17.9. The number of ether oxygens (including phenoxy) is 1. The molecule has 14 heteroatoms. The molecule has 2 N–H and O–H groups in total. The van der Waals surface area contributed by atoms with E-state index in [-0.39, 0.29) is 24.9 Å². The van der Waals surface area contributed by atoms with Crippen LogP contribution >= 0.6 is 46.5 Å². The zero-order chi connectivity index (χ0) is 33.9. The van der Waals surface area contributed by atoms with Crippen molar-refractivity contribution in [3.63, 3.8) is 0 Å². The predicted octanol–water partition coefficient (Wildman–Crippen LogP) is 6.95. The Morgan fingerprint density at radius 1 is 1.09 bits per heavy atom. The van der Waals surface area contributed by atoms with Crippen molar-refractivity contribution in [2.45, 2.75) is 81.6 Å². The number of aromatic nitrogens is 1. The van der Waals surface area contributed by atoms with Crippen LogP contribution in [-0.4, -0.2) is 85.5 Å². The van der Waals surface area contributed by atoms with Gasteiger partial charge in [0.1, 0.15) is 11.6 Å². The molecule has 0 spiro atoms. The van der Waals surface area contributed by atoms with E-state index in [1.165, 1.54) is 28.2 Å². The Morgan fingerprint density at radius 3 is 2.51 bits per heavy atom. The Kier molecular flexibility index (Phi) is 11.4. The van der Waals surface area contributed by atoms with Crippen molar-refractivity contribution in [2.75, 3.05) is 25.0 Å². The van der Waals surface area contributed by atoms with Gasteiger partial charge in [-0.25, -0.2) is 9.78 Å². The molecular formula is C33H39Cl2N5O5S2. The summed E-state index contributed by atoms with van der Waals surface area (Å²) in [5.74, 6) is -0.512. The van der Waals surface area contributed by atoms with Gasteiger partial charge in [-0.05, 0) is 69.9 Å². The maximum atomic E-state index is 13.2. The Labute approximate surface area is 293 Å². The van der Waals surface area contributed by atoms with Crippen LogP contribution in [0.5, 0.6) is 0 Å². The molecule has 0 saturated carbocycles. The van der Waals surface area contributed by atoms with Gasteiger partial charge in [0.2, 0.25) is 11.8 Å². The van der Waals surface area contributed by atoms with Crippen molar-refractivity contribution < 1.29 is 24.2 Å². The van der Waals surface area contributed by atoms with E-state index in [4.69, 9.17) is 32.9 Å². The Bertz CT molecular complexity index is 1610. The third kappa shape index (κ3) is 9.18. The Hall–Kier alpha value is -2.87. The highest BCUT2D eigenvalue weighted by atomic mass is 35.5. The first kappa shape index (κ1) is 35.4. The number of benzene rings is 2. The largest absolute Gasteiger partial charge is 0.444 e. The Balaban J connectivity index is 1.19. The molecule has 1 aromatic heterocycles.